The normalized spacial score (nSPS) is 24.4. The summed E-state index contributed by atoms with van der Waals surface area (Å²) >= 11 is 1.72. The minimum atomic E-state index is -3.33. The predicted molar refractivity (Wildman–Crippen MR) is 114 cm³/mol. The summed E-state index contributed by atoms with van der Waals surface area (Å²) in [4.78, 5) is 4.58. The Hall–Kier alpha value is -2.36. The van der Waals surface area contributed by atoms with Crippen LogP contribution in [0.25, 0.3) is 20.2 Å². The van der Waals surface area contributed by atoms with E-state index in [0.717, 1.165) is 26.6 Å². The fourth-order valence-electron chi connectivity index (χ4n) is 3.59. The fourth-order valence-corrected chi connectivity index (χ4v) is 6.34. The van der Waals surface area contributed by atoms with Crippen LogP contribution in [0, 0.1) is 11.8 Å². The number of sulfone groups is 1. The van der Waals surface area contributed by atoms with E-state index in [2.05, 4.69) is 35.0 Å². The molecule has 0 spiro atoms. The molecule has 4 nitrogen and oxygen atoms in total. The topological polar surface area (TPSA) is 72.5 Å². The summed E-state index contributed by atoms with van der Waals surface area (Å²) in [6.07, 6.45) is 0. The summed E-state index contributed by atoms with van der Waals surface area (Å²) in [5.41, 5.74) is 6.92. The smallest absolute Gasteiger partial charge is 0.162 e. The standard InChI is InChI=1S/C21H20N2O2S2/c1-4-5-14-6-8-18-16(10-14)17-11-15(7-9-19(17)26-18)21(3)12-27(24,25)13(2)20(22)23-21/h6-11,13H,12H2,1-3H3,(H2,22,23)/t13-,21+/m1/s1. The SMILES string of the molecule is CC#Cc1ccc2sc3ccc([C@]4(C)CS(=O)(=O)[C@H](C)C(N)=N4)cc3c2c1. The van der Waals surface area contributed by atoms with E-state index in [9.17, 15) is 8.42 Å². The first kappa shape index (κ1) is 18.0. The number of amidine groups is 1. The molecule has 0 amide bonds. The Labute approximate surface area is 163 Å². The van der Waals surface area contributed by atoms with Gasteiger partial charge in [-0.3, -0.25) is 4.99 Å². The third-order valence-electron chi connectivity index (χ3n) is 5.17. The summed E-state index contributed by atoms with van der Waals surface area (Å²) < 4.78 is 27.4. The highest BCUT2D eigenvalue weighted by Crippen LogP contribution is 2.39. The molecule has 2 atom stereocenters. The van der Waals surface area contributed by atoms with Gasteiger partial charge in [0.25, 0.3) is 0 Å². The molecule has 6 heteroatoms. The van der Waals surface area contributed by atoms with E-state index >= 15 is 0 Å². The van der Waals surface area contributed by atoms with E-state index in [1.54, 1.807) is 18.3 Å². The van der Waals surface area contributed by atoms with Crippen molar-refractivity contribution in [1.82, 2.24) is 0 Å². The highest BCUT2D eigenvalue weighted by molar-refractivity contribution is 7.92. The maximum Gasteiger partial charge on any atom is 0.162 e. The molecule has 1 aromatic heterocycles. The number of thiophene rings is 1. The highest BCUT2D eigenvalue weighted by atomic mass is 32.2. The molecule has 138 valence electrons. The molecule has 0 bridgehead atoms. The lowest BCUT2D eigenvalue weighted by atomic mass is 9.93. The van der Waals surface area contributed by atoms with Crippen molar-refractivity contribution in [2.45, 2.75) is 31.6 Å². The van der Waals surface area contributed by atoms with Crippen molar-refractivity contribution in [2.75, 3.05) is 5.75 Å². The quantitative estimate of drug-likeness (QED) is 0.636. The van der Waals surface area contributed by atoms with Gasteiger partial charge in [-0.25, -0.2) is 8.42 Å². The van der Waals surface area contributed by atoms with Crippen LogP contribution in [0.2, 0.25) is 0 Å². The van der Waals surface area contributed by atoms with Gasteiger partial charge >= 0.3 is 0 Å². The van der Waals surface area contributed by atoms with E-state index in [1.165, 1.54) is 4.70 Å². The first-order valence-electron chi connectivity index (χ1n) is 8.70. The molecule has 4 rings (SSSR count). The Morgan fingerprint density at radius 3 is 2.52 bits per heavy atom. The van der Waals surface area contributed by atoms with Gasteiger partial charge in [0.1, 0.15) is 11.1 Å². The second kappa shape index (κ2) is 6.08. The van der Waals surface area contributed by atoms with Gasteiger partial charge in [-0.1, -0.05) is 12.0 Å². The number of hydrogen-bond acceptors (Lipinski definition) is 5. The molecule has 3 aromatic rings. The number of nitrogens with zero attached hydrogens (tertiary/aromatic N) is 1. The third-order valence-corrected chi connectivity index (χ3v) is 8.61. The van der Waals surface area contributed by atoms with Crippen molar-refractivity contribution < 1.29 is 8.42 Å². The van der Waals surface area contributed by atoms with Crippen LogP contribution in [0.3, 0.4) is 0 Å². The van der Waals surface area contributed by atoms with Crippen molar-refractivity contribution in [2.24, 2.45) is 10.7 Å². The molecule has 0 saturated carbocycles. The lowest BCUT2D eigenvalue weighted by molar-refractivity contribution is 0.517. The molecule has 1 aliphatic heterocycles. The summed E-state index contributed by atoms with van der Waals surface area (Å²) in [6.45, 7) is 5.26. The first-order valence-corrected chi connectivity index (χ1v) is 11.2. The van der Waals surface area contributed by atoms with Crippen LogP contribution in [-0.4, -0.2) is 25.3 Å². The molecule has 27 heavy (non-hydrogen) atoms. The van der Waals surface area contributed by atoms with Gasteiger partial charge in [0.2, 0.25) is 0 Å². The van der Waals surface area contributed by atoms with Crippen LogP contribution >= 0.6 is 11.3 Å². The van der Waals surface area contributed by atoms with Gasteiger partial charge < -0.3 is 5.73 Å². The molecular formula is C21H20N2O2S2. The molecule has 0 radical (unpaired) electrons. The molecule has 0 aliphatic carbocycles. The minimum Gasteiger partial charge on any atom is -0.386 e. The number of nitrogens with two attached hydrogens (primary N) is 1. The molecule has 0 unspecified atom stereocenters. The van der Waals surface area contributed by atoms with Crippen LogP contribution in [0.4, 0.5) is 0 Å². The summed E-state index contributed by atoms with van der Waals surface area (Å²) in [6, 6.07) is 12.3. The Balaban J connectivity index is 1.93. The van der Waals surface area contributed by atoms with Gasteiger partial charge in [0, 0.05) is 25.7 Å². The maximum absolute atomic E-state index is 12.5. The zero-order valence-corrected chi connectivity index (χ0v) is 17.0. The van der Waals surface area contributed by atoms with Crippen molar-refractivity contribution in [1.29, 1.82) is 0 Å². The molecular weight excluding hydrogens is 376 g/mol. The van der Waals surface area contributed by atoms with Gasteiger partial charge in [-0.2, -0.15) is 0 Å². The van der Waals surface area contributed by atoms with E-state index in [0.29, 0.717) is 0 Å². The monoisotopic (exact) mass is 396 g/mol. The summed E-state index contributed by atoms with van der Waals surface area (Å²) in [5.74, 6) is 6.17. The van der Waals surface area contributed by atoms with Crippen molar-refractivity contribution in [3.8, 4) is 11.8 Å². The van der Waals surface area contributed by atoms with Gasteiger partial charge in [-0.05, 0) is 56.7 Å². The van der Waals surface area contributed by atoms with Crippen molar-refractivity contribution in [3.05, 3.63) is 47.5 Å². The average molecular weight is 397 g/mol. The van der Waals surface area contributed by atoms with Gasteiger partial charge in [0.05, 0.1) is 11.3 Å². The number of aliphatic imine (C=N–C) groups is 1. The van der Waals surface area contributed by atoms with Gasteiger partial charge in [-0.15, -0.1) is 17.3 Å². The van der Waals surface area contributed by atoms with E-state index < -0.39 is 20.6 Å². The van der Waals surface area contributed by atoms with Crippen molar-refractivity contribution >= 4 is 47.2 Å². The molecule has 2 N–H and O–H groups in total. The largest absolute Gasteiger partial charge is 0.386 e. The van der Waals surface area contributed by atoms with Crippen molar-refractivity contribution in [3.63, 3.8) is 0 Å². The number of rotatable bonds is 1. The molecule has 0 saturated heterocycles. The molecule has 2 heterocycles. The maximum atomic E-state index is 12.5. The zero-order valence-electron chi connectivity index (χ0n) is 15.4. The van der Waals surface area contributed by atoms with E-state index in [4.69, 9.17) is 5.73 Å². The molecule has 2 aromatic carbocycles. The third kappa shape index (κ3) is 2.91. The number of fused-ring (bicyclic) bond motifs is 3. The van der Waals surface area contributed by atoms with Crippen LogP contribution in [0.1, 0.15) is 31.9 Å². The Kier molecular flexibility index (Phi) is 4.06. The van der Waals surface area contributed by atoms with Crippen LogP contribution in [0.5, 0.6) is 0 Å². The second-order valence-electron chi connectivity index (χ2n) is 7.16. The van der Waals surface area contributed by atoms with Gasteiger partial charge in [0.15, 0.2) is 9.84 Å². The lowest BCUT2D eigenvalue weighted by Gasteiger charge is -2.32. The molecule has 0 fully saturated rings. The number of benzene rings is 2. The minimum absolute atomic E-state index is 0.0397. The van der Waals surface area contributed by atoms with Crippen LogP contribution in [-0.2, 0) is 15.4 Å². The summed E-state index contributed by atoms with van der Waals surface area (Å²) in [5, 5.41) is 1.49. The Morgan fingerprint density at radius 1 is 1.19 bits per heavy atom. The second-order valence-corrected chi connectivity index (χ2v) is 10.6. The zero-order chi connectivity index (χ0) is 19.4. The highest BCUT2D eigenvalue weighted by Gasteiger charge is 2.41. The fraction of sp³-hybridized carbons (Fsp3) is 0.286. The van der Waals surface area contributed by atoms with E-state index in [1.807, 2.05) is 32.0 Å². The average Bonchev–Trinajstić information content (AvgIpc) is 2.97. The van der Waals surface area contributed by atoms with Crippen LogP contribution in [0.15, 0.2) is 41.4 Å². The lowest BCUT2D eigenvalue weighted by Crippen LogP contribution is -2.47. The summed E-state index contributed by atoms with van der Waals surface area (Å²) in [7, 11) is -3.33. The Morgan fingerprint density at radius 2 is 1.85 bits per heavy atom. The number of hydrogen-bond donors (Lipinski definition) is 1. The van der Waals surface area contributed by atoms with Crippen LogP contribution < -0.4 is 5.73 Å². The Bertz CT molecular complexity index is 1280. The predicted octanol–water partition coefficient (Wildman–Crippen LogP) is 3.82. The van der Waals surface area contributed by atoms with E-state index in [-0.39, 0.29) is 11.6 Å². The molecule has 1 aliphatic rings. The first-order chi connectivity index (χ1) is 12.7.